The quantitative estimate of drug-likeness (QED) is 0.0273. The van der Waals surface area contributed by atoms with E-state index in [-0.39, 0.29) is 144 Å². The van der Waals surface area contributed by atoms with Gasteiger partial charge >= 0.3 is 23.9 Å². The van der Waals surface area contributed by atoms with Crippen LogP contribution >= 0.6 is 0 Å². The summed E-state index contributed by atoms with van der Waals surface area (Å²) in [4.78, 5) is 144. The number of aromatic hydroxyl groups is 2. The Balaban J connectivity index is 0.969. The second-order valence-electron chi connectivity index (χ2n) is 26.7. The third-order valence-electron chi connectivity index (χ3n) is 18.8. The van der Waals surface area contributed by atoms with E-state index in [0.717, 1.165) is 4.90 Å². The van der Waals surface area contributed by atoms with Gasteiger partial charge in [-0.3, -0.25) is 48.2 Å². The number of carbonyl (C=O) groups excluding carboxylic acids is 10. The first-order chi connectivity index (χ1) is 46.9. The van der Waals surface area contributed by atoms with Crippen molar-refractivity contribution in [3.05, 3.63) is 100.0 Å². The summed E-state index contributed by atoms with van der Waals surface area (Å²) in [6, 6.07) is 3.56. The highest BCUT2D eigenvalue weighted by Crippen LogP contribution is 2.51. The number of methoxy groups -OCH3 is 1. The Morgan fingerprint density at radius 2 is 1.56 bits per heavy atom. The number of carbonyl (C=O) groups is 10. The topological polar surface area (TPSA) is 395 Å². The Kier molecular flexibility index (Phi) is 24.5. The minimum absolute atomic E-state index is 0.0101. The maximum atomic E-state index is 15.0. The maximum Gasteiger partial charge on any atom is 0.410 e. The normalized spacial score (nSPS) is 24.7. The number of aliphatic hydroxyl groups is 1. The summed E-state index contributed by atoms with van der Waals surface area (Å²) in [5.41, 5.74) is 5.26. The number of nitrogens with two attached hydrogens (primary N) is 1. The lowest BCUT2D eigenvalue weighted by molar-refractivity contribution is -0.159. The van der Waals surface area contributed by atoms with Gasteiger partial charge in [0.05, 0.1) is 35.1 Å². The van der Waals surface area contributed by atoms with Crippen LogP contribution in [0.3, 0.4) is 0 Å². The Bertz CT molecular complexity index is 3880. The zero-order chi connectivity index (χ0) is 72.4. The van der Waals surface area contributed by atoms with Gasteiger partial charge in [-0.2, -0.15) is 0 Å². The molecule has 10 N–H and O–H groups in total. The molecule has 1 unspecified atom stereocenters. The molecule has 9 amide bonds. The number of rotatable bonds is 20. The van der Waals surface area contributed by atoms with Crippen molar-refractivity contribution in [2.75, 3.05) is 43.9 Å². The average molecular weight is 1370 g/mol. The van der Waals surface area contributed by atoms with Crippen LogP contribution in [-0.4, -0.2) is 160 Å². The number of unbranched alkanes of at least 4 members (excludes halogenated alkanes) is 2. The van der Waals surface area contributed by atoms with Gasteiger partial charge in [0, 0.05) is 113 Å². The molecular formula is C71H92N10O18. The molecule has 3 aromatic carbocycles. The number of imide groups is 1. The van der Waals surface area contributed by atoms with Crippen molar-refractivity contribution >= 4 is 81.5 Å². The van der Waals surface area contributed by atoms with Crippen molar-refractivity contribution in [1.29, 1.82) is 0 Å². The number of phenols is 2. The Hall–Kier alpha value is -9.70. The first-order valence-electron chi connectivity index (χ1n) is 33.5. The van der Waals surface area contributed by atoms with Crippen LogP contribution in [0.1, 0.15) is 142 Å². The van der Waals surface area contributed by atoms with Gasteiger partial charge in [-0.15, -0.1) is 0 Å². The lowest BCUT2D eigenvalue weighted by Crippen LogP contribution is -2.54. The van der Waals surface area contributed by atoms with E-state index in [4.69, 9.17) is 34.4 Å². The molecule has 99 heavy (non-hydrogen) atoms. The van der Waals surface area contributed by atoms with Crippen LogP contribution in [0.5, 0.6) is 17.2 Å². The number of anilines is 2. The van der Waals surface area contributed by atoms with Crippen molar-refractivity contribution in [3.8, 4) is 17.2 Å². The summed E-state index contributed by atoms with van der Waals surface area (Å²) in [5, 5.41) is 49.9. The number of primary amides is 1. The molecule has 5 aliphatic rings. The summed E-state index contributed by atoms with van der Waals surface area (Å²) in [5.74, 6) is -9.46. The summed E-state index contributed by atoms with van der Waals surface area (Å²) < 4.78 is 30.0. The number of ketones is 1. The minimum Gasteiger partial charge on any atom is -0.507 e. The molecule has 534 valence electrons. The van der Waals surface area contributed by atoms with Crippen molar-refractivity contribution < 1.29 is 86.9 Å². The Labute approximate surface area is 573 Å². The third-order valence-corrected chi connectivity index (χ3v) is 18.8. The number of likely N-dealkylation sites (tertiary alicyclic amines) is 1. The average Bonchev–Trinajstić information content (AvgIpc) is 1.57. The van der Waals surface area contributed by atoms with Crippen molar-refractivity contribution in [3.63, 3.8) is 0 Å². The fourth-order valence-electron chi connectivity index (χ4n) is 13.1. The molecule has 0 radical (unpaired) electrons. The fourth-order valence-corrected chi connectivity index (χ4v) is 13.1. The molecule has 1 fully saturated rings. The van der Waals surface area contributed by atoms with E-state index in [1.165, 1.54) is 57.3 Å². The standard InChI is InChI=1S/C71H92N10O18/c1-37(2)55(76-49(83)20-13-12-14-31-81-50(84)25-26-51(81)85)67(92)75-47(19-16-30-73-68(72)93)66(91)74-46-23-21-45(22-24-46)36-96-69(94)80-32-28-71(29-33-80)78-56-52-53-60(87)43(8)63-54(52)64(89)70(10,99-63)97-34-27-48(95-11)41(6)62(98-44(9)82)42(7)59(86)40(5)35-38(3)17-15-18-39(4)65(90)77-58(61(53)88)57(56)79-71/h15,17-18,21-27,34,37-38,40-42,47-48,55,59,62,78,86-88H,12-14,16,19-20,28-33,35-36H2,1-11H3,(H,74,91)(H,75,92)(H,76,83)(H3,72,73,93)/b17-15+,34-27+,39-18-,77-58?/t38-,40+,41+,42+,47-,48-,55?,59+,62+,70-/m0/s1. The number of hydrogen-bond donors (Lipinski definition) is 9. The Morgan fingerprint density at radius 3 is 2.20 bits per heavy atom. The fraction of sp³-hybridized carbons (Fsp3) is 0.521. The molecule has 28 nitrogen and oxygen atoms in total. The number of nitrogens with one attached hydrogen (secondary N) is 5. The summed E-state index contributed by atoms with van der Waals surface area (Å²) in [7, 11) is 1.46. The first kappa shape index (κ1) is 75.1. The van der Waals surface area contributed by atoms with Gasteiger partial charge in [-0.25, -0.2) is 14.6 Å². The molecule has 3 aromatic rings. The molecule has 4 bridgehead atoms. The highest BCUT2D eigenvalue weighted by molar-refractivity contribution is 6.22. The molecule has 5 aliphatic heterocycles. The second-order valence-corrected chi connectivity index (χ2v) is 26.7. The van der Waals surface area contributed by atoms with Gasteiger partial charge in [0.2, 0.25) is 17.7 Å². The number of hydrogen-bond acceptors (Lipinski definition) is 20. The highest BCUT2D eigenvalue weighted by atomic mass is 16.7. The van der Waals surface area contributed by atoms with E-state index in [2.05, 4.69) is 31.6 Å². The first-order valence-corrected chi connectivity index (χ1v) is 33.5. The van der Waals surface area contributed by atoms with E-state index in [1.54, 1.807) is 71.0 Å². The number of nitrogens with zero attached hydrogens (tertiary/aromatic N) is 4. The van der Waals surface area contributed by atoms with Crippen LogP contribution in [0.4, 0.5) is 21.0 Å². The molecule has 28 heteroatoms. The number of piperidine rings is 1. The van der Waals surface area contributed by atoms with Crippen LogP contribution in [0.25, 0.3) is 10.8 Å². The van der Waals surface area contributed by atoms with Gasteiger partial charge in [0.1, 0.15) is 52.7 Å². The van der Waals surface area contributed by atoms with Crippen molar-refractivity contribution in [2.24, 2.45) is 45.3 Å². The zero-order valence-corrected chi connectivity index (χ0v) is 57.9. The minimum atomic E-state index is -2.06. The van der Waals surface area contributed by atoms with E-state index in [1.807, 2.05) is 19.9 Å². The number of ether oxygens (including phenoxy) is 5. The molecule has 5 heterocycles. The third kappa shape index (κ3) is 17.6. The number of benzene rings is 3. The van der Waals surface area contributed by atoms with Crippen LogP contribution < -0.4 is 47.8 Å². The van der Waals surface area contributed by atoms with E-state index in [9.17, 15) is 58.5 Å². The molecule has 0 saturated carbocycles. The van der Waals surface area contributed by atoms with Crippen LogP contribution in [-0.2, 0) is 59.1 Å². The SMILES string of the molecule is CO[C@H]1/C=C/O[C@@]2(C)Oc3c(C)c(O)c4c(O)c(c5c(c4c3C2=O)NC2(CCN(C(=O)OCc3ccc(NC(=O)[C@H](CCCNC(N)=O)NC(=O)C(NC(=O)CCCCCN4C(=O)C=CC4=O)C(C)C)cc3)CC2)N=5)=NC(=O)/C(C)=C\C=C\[C@H](C)C[C@@H](C)[C@@H](O)[C@@H](C)[C@H](OC(C)=O)[C@@H]1C. The highest BCUT2D eigenvalue weighted by Gasteiger charge is 2.51. The summed E-state index contributed by atoms with van der Waals surface area (Å²) in [6.07, 6.45) is 9.88. The number of allylic oxidation sites excluding steroid dienone is 3. The number of phenolic OH excluding ortho intramolecular Hbond substituents is 2. The molecule has 10 atom stereocenters. The lowest BCUT2D eigenvalue weighted by atomic mass is 9.79. The molecule has 0 aromatic heterocycles. The summed E-state index contributed by atoms with van der Waals surface area (Å²) >= 11 is 0. The molecule has 8 rings (SSSR count). The van der Waals surface area contributed by atoms with Gasteiger partial charge in [-0.05, 0) is 87.5 Å². The van der Waals surface area contributed by atoms with Gasteiger partial charge in [0.15, 0.2) is 5.75 Å². The predicted molar refractivity (Wildman–Crippen MR) is 362 cm³/mol. The van der Waals surface area contributed by atoms with Crippen LogP contribution in [0.15, 0.2) is 82.5 Å². The van der Waals surface area contributed by atoms with Crippen molar-refractivity contribution in [2.45, 2.75) is 175 Å². The van der Waals surface area contributed by atoms with Crippen LogP contribution in [0.2, 0.25) is 0 Å². The van der Waals surface area contributed by atoms with Gasteiger partial charge in [0.25, 0.3) is 23.5 Å². The largest absolute Gasteiger partial charge is 0.507 e. The maximum absolute atomic E-state index is 15.0. The monoisotopic (exact) mass is 1370 g/mol. The number of Topliss-reactive ketones (excluding diaryl/α,β-unsaturated/α-hetero) is 1. The number of esters is 1. The molecule has 0 aliphatic carbocycles. The number of amides is 9. The molecule has 1 spiro atoms. The number of aliphatic hydroxyl groups excluding tert-OH is 1. The zero-order valence-electron chi connectivity index (χ0n) is 57.9. The van der Waals surface area contributed by atoms with Gasteiger partial charge < -0.3 is 76.2 Å². The van der Waals surface area contributed by atoms with E-state index in [0.29, 0.717) is 36.9 Å². The number of fused-ring (bicyclic) bond motifs is 1. The van der Waals surface area contributed by atoms with Crippen molar-refractivity contribution in [1.82, 2.24) is 25.8 Å². The van der Waals surface area contributed by atoms with E-state index < -0.39 is 113 Å². The molecular weight excluding hydrogens is 1280 g/mol. The smallest absolute Gasteiger partial charge is 0.410 e. The predicted octanol–water partition coefficient (Wildman–Crippen LogP) is 5.96. The summed E-state index contributed by atoms with van der Waals surface area (Å²) in [6.45, 7) is 17.0. The van der Waals surface area contributed by atoms with Gasteiger partial charge in [-0.1, -0.05) is 78.3 Å². The second kappa shape index (κ2) is 32.3. The van der Waals surface area contributed by atoms with Crippen LogP contribution in [0, 0.1) is 36.5 Å². The molecule has 1 saturated heterocycles. The lowest BCUT2D eigenvalue weighted by Gasteiger charge is -2.37. The van der Waals surface area contributed by atoms with E-state index >= 15 is 4.79 Å². The Morgan fingerprint density at radius 1 is 0.869 bits per heavy atom. The number of urea groups is 1.